The summed E-state index contributed by atoms with van der Waals surface area (Å²) in [6.45, 7) is 2.31. The molecule has 0 aliphatic carbocycles. The fourth-order valence-corrected chi connectivity index (χ4v) is 1.10. The first-order valence-electron chi connectivity index (χ1n) is 4.64. The summed E-state index contributed by atoms with van der Waals surface area (Å²) in [5.74, 6) is -6.35. The first kappa shape index (κ1) is 11.8. The summed E-state index contributed by atoms with van der Waals surface area (Å²) in [5.41, 5.74) is -0.347. The van der Waals surface area contributed by atoms with Crippen molar-refractivity contribution >= 4 is 5.69 Å². The zero-order valence-electron chi connectivity index (χ0n) is 8.21. The van der Waals surface area contributed by atoms with E-state index in [0.717, 1.165) is 12.8 Å². The summed E-state index contributed by atoms with van der Waals surface area (Å²) in [4.78, 5) is 0. The molecule has 0 radical (unpaired) electrons. The predicted octanol–water partition coefficient (Wildman–Crippen LogP) is 3.46. The van der Waals surface area contributed by atoms with E-state index in [-0.39, 0.29) is 5.69 Å². The molecular weight excluding hydrogens is 210 g/mol. The van der Waals surface area contributed by atoms with Crippen LogP contribution >= 0.6 is 0 Å². The number of halogens is 4. The number of anilines is 1. The summed E-state index contributed by atoms with van der Waals surface area (Å²) in [7, 11) is 0. The number of nitrogens with one attached hydrogen (secondary N) is 1. The average Bonchev–Trinajstić information content (AvgIpc) is 2.23. The molecule has 1 N–H and O–H groups in total. The van der Waals surface area contributed by atoms with Crippen molar-refractivity contribution in [3.05, 3.63) is 29.3 Å². The zero-order chi connectivity index (χ0) is 11.4. The van der Waals surface area contributed by atoms with Gasteiger partial charge in [0.1, 0.15) is 0 Å². The van der Waals surface area contributed by atoms with E-state index in [9.17, 15) is 17.6 Å². The van der Waals surface area contributed by atoms with Gasteiger partial charge in [0.15, 0.2) is 23.3 Å². The number of hydrogen-bond acceptors (Lipinski definition) is 1. The van der Waals surface area contributed by atoms with Crippen molar-refractivity contribution < 1.29 is 17.6 Å². The highest BCUT2D eigenvalue weighted by Crippen LogP contribution is 2.22. The van der Waals surface area contributed by atoms with E-state index < -0.39 is 23.3 Å². The molecule has 1 rings (SSSR count). The van der Waals surface area contributed by atoms with Gasteiger partial charge in [0.25, 0.3) is 0 Å². The molecule has 1 aromatic rings. The average molecular weight is 221 g/mol. The lowest BCUT2D eigenvalue weighted by Crippen LogP contribution is -2.06. The van der Waals surface area contributed by atoms with Crippen LogP contribution in [-0.4, -0.2) is 6.54 Å². The molecule has 0 amide bonds. The van der Waals surface area contributed by atoms with Crippen LogP contribution in [0.1, 0.15) is 19.8 Å². The van der Waals surface area contributed by atoms with Crippen LogP contribution in [0, 0.1) is 23.3 Å². The second kappa shape index (κ2) is 5.00. The Bertz CT molecular complexity index is 352. The van der Waals surface area contributed by atoms with Crippen LogP contribution in [0.5, 0.6) is 0 Å². The van der Waals surface area contributed by atoms with Crippen LogP contribution in [0.2, 0.25) is 0 Å². The van der Waals surface area contributed by atoms with E-state index in [2.05, 4.69) is 5.32 Å². The summed E-state index contributed by atoms with van der Waals surface area (Å²) >= 11 is 0. The van der Waals surface area contributed by atoms with E-state index in [1.165, 1.54) is 0 Å². The highest BCUT2D eigenvalue weighted by Gasteiger charge is 2.18. The summed E-state index contributed by atoms with van der Waals surface area (Å²) < 4.78 is 51.0. The van der Waals surface area contributed by atoms with Crippen LogP contribution in [0.4, 0.5) is 23.2 Å². The number of rotatable bonds is 4. The Labute approximate surface area is 85.1 Å². The number of hydrogen-bond donors (Lipinski definition) is 1. The molecule has 84 valence electrons. The van der Waals surface area contributed by atoms with E-state index in [4.69, 9.17) is 0 Å². The largest absolute Gasteiger partial charge is 0.383 e. The summed E-state index contributed by atoms with van der Waals surface area (Å²) in [5, 5.41) is 2.50. The maximum atomic E-state index is 13.0. The Morgan fingerprint density at radius 1 is 1.07 bits per heavy atom. The number of unbranched alkanes of at least 4 members (excludes halogenated alkanes) is 1. The molecule has 15 heavy (non-hydrogen) atoms. The smallest absolute Gasteiger partial charge is 0.199 e. The molecule has 0 aromatic heterocycles. The van der Waals surface area contributed by atoms with Gasteiger partial charge in [0.2, 0.25) is 0 Å². The standard InChI is InChI=1S/C10H11F4N/c1-2-3-4-15-7-5-6(11)8(12)10(14)9(7)13/h5,15H,2-4H2,1H3. The maximum Gasteiger partial charge on any atom is 0.199 e. The van der Waals surface area contributed by atoms with Crippen molar-refractivity contribution in [3.63, 3.8) is 0 Å². The van der Waals surface area contributed by atoms with Gasteiger partial charge in [0, 0.05) is 12.6 Å². The van der Waals surface area contributed by atoms with Crippen molar-refractivity contribution in [3.8, 4) is 0 Å². The molecule has 0 spiro atoms. The quantitative estimate of drug-likeness (QED) is 0.355. The van der Waals surface area contributed by atoms with Crippen molar-refractivity contribution in [2.75, 3.05) is 11.9 Å². The molecule has 0 fully saturated rings. The van der Waals surface area contributed by atoms with Gasteiger partial charge < -0.3 is 5.32 Å². The first-order valence-corrected chi connectivity index (χ1v) is 4.64. The van der Waals surface area contributed by atoms with Crippen LogP contribution in [0.3, 0.4) is 0 Å². The van der Waals surface area contributed by atoms with E-state index >= 15 is 0 Å². The van der Waals surface area contributed by atoms with Gasteiger partial charge >= 0.3 is 0 Å². The molecule has 0 atom stereocenters. The summed E-state index contributed by atoms with van der Waals surface area (Å²) in [6.07, 6.45) is 1.60. The van der Waals surface area contributed by atoms with E-state index in [0.29, 0.717) is 12.6 Å². The molecular formula is C10H11F4N. The van der Waals surface area contributed by atoms with Gasteiger partial charge in [-0.2, -0.15) is 0 Å². The zero-order valence-corrected chi connectivity index (χ0v) is 8.21. The van der Waals surface area contributed by atoms with Crippen molar-refractivity contribution in [1.82, 2.24) is 0 Å². The van der Waals surface area contributed by atoms with Gasteiger partial charge in [0.05, 0.1) is 5.69 Å². The van der Waals surface area contributed by atoms with Crippen LogP contribution in [0.25, 0.3) is 0 Å². The Balaban J connectivity index is 2.89. The van der Waals surface area contributed by atoms with E-state index in [1.807, 2.05) is 6.92 Å². The van der Waals surface area contributed by atoms with Gasteiger partial charge in [-0.15, -0.1) is 0 Å². The molecule has 0 aliphatic rings. The third kappa shape index (κ3) is 2.61. The second-order valence-electron chi connectivity index (χ2n) is 3.13. The summed E-state index contributed by atoms with van der Waals surface area (Å²) in [6, 6.07) is 0.614. The van der Waals surface area contributed by atoms with Crippen molar-refractivity contribution in [2.45, 2.75) is 19.8 Å². The minimum atomic E-state index is -1.78. The van der Waals surface area contributed by atoms with Gasteiger partial charge in [-0.25, -0.2) is 17.6 Å². The molecule has 0 unspecified atom stereocenters. The lowest BCUT2D eigenvalue weighted by atomic mass is 10.2. The second-order valence-corrected chi connectivity index (χ2v) is 3.13. The molecule has 5 heteroatoms. The third-order valence-electron chi connectivity index (χ3n) is 1.95. The molecule has 0 heterocycles. The molecule has 0 bridgehead atoms. The van der Waals surface area contributed by atoms with Crippen LogP contribution < -0.4 is 5.32 Å². The lowest BCUT2D eigenvalue weighted by molar-refractivity contribution is 0.411. The molecule has 1 aromatic carbocycles. The highest BCUT2D eigenvalue weighted by atomic mass is 19.2. The molecule has 0 saturated carbocycles. The predicted molar refractivity (Wildman–Crippen MR) is 49.7 cm³/mol. The molecule has 0 saturated heterocycles. The monoisotopic (exact) mass is 221 g/mol. The minimum Gasteiger partial charge on any atom is -0.383 e. The Morgan fingerprint density at radius 2 is 1.73 bits per heavy atom. The fourth-order valence-electron chi connectivity index (χ4n) is 1.10. The van der Waals surface area contributed by atoms with Crippen LogP contribution in [0.15, 0.2) is 6.07 Å². The Hall–Kier alpha value is -1.26. The maximum absolute atomic E-state index is 13.0. The fraction of sp³-hybridized carbons (Fsp3) is 0.400. The normalized spacial score (nSPS) is 10.5. The molecule has 0 aliphatic heterocycles. The first-order chi connectivity index (χ1) is 7.07. The van der Waals surface area contributed by atoms with Gasteiger partial charge in [-0.05, 0) is 6.42 Å². The van der Waals surface area contributed by atoms with Gasteiger partial charge in [-0.3, -0.25) is 0 Å². The lowest BCUT2D eigenvalue weighted by Gasteiger charge is -2.08. The minimum absolute atomic E-state index is 0.347. The van der Waals surface area contributed by atoms with Crippen molar-refractivity contribution in [1.29, 1.82) is 0 Å². The SMILES string of the molecule is CCCCNc1cc(F)c(F)c(F)c1F. The van der Waals surface area contributed by atoms with Crippen molar-refractivity contribution in [2.24, 2.45) is 0 Å². The number of benzene rings is 1. The third-order valence-corrected chi connectivity index (χ3v) is 1.95. The van der Waals surface area contributed by atoms with Gasteiger partial charge in [-0.1, -0.05) is 13.3 Å². The molecule has 1 nitrogen and oxygen atoms in total. The highest BCUT2D eigenvalue weighted by molar-refractivity contribution is 5.45. The topological polar surface area (TPSA) is 12.0 Å². The Kier molecular flexibility index (Phi) is 3.94. The van der Waals surface area contributed by atoms with Crippen LogP contribution in [-0.2, 0) is 0 Å². The Morgan fingerprint density at radius 3 is 2.33 bits per heavy atom. The van der Waals surface area contributed by atoms with E-state index in [1.54, 1.807) is 0 Å².